The van der Waals surface area contributed by atoms with Crippen LogP contribution in [0.25, 0.3) is 0 Å². The number of hydrogen-bond acceptors (Lipinski definition) is 3. The van der Waals surface area contributed by atoms with Crippen LogP contribution in [0.2, 0.25) is 0 Å². The molecular weight excluding hydrogens is 517 g/mol. The highest BCUT2D eigenvalue weighted by molar-refractivity contribution is 8.09. The maximum absolute atomic E-state index is 6.53. The molecule has 3 rings (SSSR count). The average Bonchev–Trinajstić information content (AvgIpc) is 2.90. The van der Waals surface area contributed by atoms with Gasteiger partial charge < -0.3 is 9.05 Å². The summed E-state index contributed by atoms with van der Waals surface area (Å²) in [5.74, 6) is 1.56. The van der Waals surface area contributed by atoms with Crippen LogP contribution in [-0.4, -0.2) is 6.04 Å². The van der Waals surface area contributed by atoms with E-state index < -0.39 is 6.64 Å². The molecule has 0 bridgehead atoms. The van der Waals surface area contributed by atoms with Gasteiger partial charge in [-0.05, 0) is 71.9 Å². The minimum absolute atomic E-state index is 0.150. The van der Waals surface area contributed by atoms with Gasteiger partial charge in [0.05, 0.1) is 0 Å². The van der Waals surface area contributed by atoms with Gasteiger partial charge in [0.15, 0.2) is 0 Å². The molecule has 1 aliphatic rings. The number of nitrogens with one attached hydrogen (secondary N) is 1. The maximum atomic E-state index is 6.53. The lowest BCUT2D eigenvalue weighted by Gasteiger charge is -2.31. The minimum Gasteiger partial charge on any atom is -0.425 e. The Kier molecular flexibility index (Phi) is 12.4. The molecule has 1 N–H and O–H groups in total. The molecular formula is C34H54NO2PS. The predicted octanol–water partition coefficient (Wildman–Crippen LogP) is 11.0. The fourth-order valence-electron chi connectivity index (χ4n) is 5.66. The monoisotopic (exact) mass is 571 g/mol. The molecule has 0 aromatic heterocycles. The van der Waals surface area contributed by atoms with Gasteiger partial charge in [-0.25, -0.2) is 5.09 Å². The van der Waals surface area contributed by atoms with Gasteiger partial charge in [0, 0.05) is 17.8 Å². The third kappa shape index (κ3) is 10.2. The van der Waals surface area contributed by atoms with Crippen molar-refractivity contribution in [3.05, 3.63) is 59.7 Å². The molecule has 1 aliphatic carbocycles. The Labute approximate surface area is 245 Å². The van der Waals surface area contributed by atoms with Crippen LogP contribution in [-0.2, 0) is 22.6 Å². The van der Waals surface area contributed by atoms with Gasteiger partial charge in [0.1, 0.15) is 11.5 Å². The van der Waals surface area contributed by atoms with Crippen LogP contribution in [0.5, 0.6) is 11.5 Å². The first-order valence-corrected chi connectivity index (χ1v) is 18.2. The van der Waals surface area contributed by atoms with Crippen LogP contribution >= 0.6 is 6.64 Å². The Morgan fingerprint density at radius 1 is 0.692 bits per heavy atom. The van der Waals surface area contributed by atoms with E-state index in [0.717, 1.165) is 24.3 Å². The summed E-state index contributed by atoms with van der Waals surface area (Å²) >= 11 is 6.16. The lowest BCUT2D eigenvalue weighted by Crippen LogP contribution is -2.31. The van der Waals surface area contributed by atoms with Crippen molar-refractivity contribution in [1.29, 1.82) is 0 Å². The second-order valence-corrected chi connectivity index (χ2v) is 15.9. The highest BCUT2D eigenvalue weighted by atomic mass is 32.5. The third-order valence-corrected chi connectivity index (χ3v) is 10.8. The van der Waals surface area contributed by atoms with Crippen molar-refractivity contribution in [1.82, 2.24) is 5.09 Å². The Bertz CT molecular complexity index is 955. The first-order valence-electron chi connectivity index (χ1n) is 15.5. The fraction of sp³-hybridized carbons (Fsp3) is 0.647. The van der Waals surface area contributed by atoms with Crippen molar-refractivity contribution in [3.8, 4) is 11.5 Å². The molecule has 0 heterocycles. The molecule has 0 aliphatic heterocycles. The standard InChI is InChI=1S/C34H54NO2PS/c1-7-9-14-26-33(3,4)28-18-22-31(23-19-28)36-38(39,35-30-16-12-11-13-17-30)37-32-24-20-29(21-25-32)34(5,6)27-15-10-8-2/h18-25,30H,7-17,26-27H2,1-6H3,(H,35,39). The number of hydrogen-bond donors (Lipinski definition) is 1. The molecule has 39 heavy (non-hydrogen) atoms. The largest absolute Gasteiger partial charge is 0.425 e. The Morgan fingerprint density at radius 3 is 1.49 bits per heavy atom. The van der Waals surface area contributed by atoms with Crippen LogP contribution in [0.1, 0.15) is 136 Å². The molecule has 2 aromatic rings. The van der Waals surface area contributed by atoms with E-state index in [1.54, 1.807) is 0 Å². The van der Waals surface area contributed by atoms with Crippen LogP contribution in [0.3, 0.4) is 0 Å². The highest BCUT2D eigenvalue weighted by Crippen LogP contribution is 2.47. The van der Waals surface area contributed by atoms with Gasteiger partial charge in [-0.2, -0.15) is 0 Å². The first-order chi connectivity index (χ1) is 18.6. The summed E-state index contributed by atoms with van der Waals surface area (Å²) in [6, 6.07) is 17.5. The zero-order valence-electron chi connectivity index (χ0n) is 25.6. The summed E-state index contributed by atoms with van der Waals surface area (Å²) in [6.07, 6.45) is 16.0. The van der Waals surface area contributed by atoms with E-state index in [9.17, 15) is 0 Å². The van der Waals surface area contributed by atoms with E-state index >= 15 is 0 Å². The van der Waals surface area contributed by atoms with Gasteiger partial charge in [-0.3, -0.25) is 0 Å². The normalized spacial score (nSPS) is 15.3. The Hall–Kier alpha value is -1.35. The van der Waals surface area contributed by atoms with Crippen LogP contribution in [0.15, 0.2) is 48.5 Å². The Morgan fingerprint density at radius 2 is 1.10 bits per heavy atom. The highest BCUT2D eigenvalue weighted by Gasteiger charge is 2.29. The topological polar surface area (TPSA) is 30.5 Å². The second-order valence-electron chi connectivity index (χ2n) is 12.9. The number of unbranched alkanes of at least 4 members (excludes halogenated alkanes) is 4. The average molecular weight is 572 g/mol. The first kappa shape index (κ1) is 32.2. The molecule has 1 saturated carbocycles. The van der Waals surface area contributed by atoms with Gasteiger partial charge >= 0.3 is 6.64 Å². The molecule has 0 amide bonds. The molecule has 2 aromatic carbocycles. The summed E-state index contributed by atoms with van der Waals surface area (Å²) in [5, 5.41) is 3.67. The predicted molar refractivity (Wildman–Crippen MR) is 173 cm³/mol. The van der Waals surface area contributed by atoms with Crippen molar-refractivity contribution in [2.75, 3.05) is 0 Å². The molecule has 0 atom stereocenters. The summed E-state index contributed by atoms with van der Waals surface area (Å²) in [7, 11) is 0. The second kappa shape index (κ2) is 15.0. The molecule has 0 saturated heterocycles. The SMILES string of the molecule is CCCCCC(C)(C)c1ccc(OP(=S)(NC2CCCCC2)Oc2ccc(C(C)(C)CCCCC)cc2)cc1. The number of rotatable bonds is 16. The van der Waals surface area contributed by atoms with E-state index in [1.807, 2.05) is 0 Å². The van der Waals surface area contributed by atoms with E-state index in [1.165, 1.54) is 81.8 Å². The van der Waals surface area contributed by atoms with Crippen molar-refractivity contribution >= 4 is 18.4 Å². The van der Waals surface area contributed by atoms with Crippen molar-refractivity contribution < 1.29 is 9.05 Å². The van der Waals surface area contributed by atoms with Gasteiger partial charge in [-0.1, -0.05) is 124 Å². The lowest BCUT2D eigenvalue weighted by atomic mass is 9.80. The van der Waals surface area contributed by atoms with Crippen molar-refractivity contribution in [2.45, 2.75) is 142 Å². The minimum atomic E-state index is -2.80. The maximum Gasteiger partial charge on any atom is 0.365 e. The third-order valence-electron chi connectivity index (χ3n) is 8.48. The quantitative estimate of drug-likeness (QED) is 0.160. The molecule has 0 unspecified atom stereocenters. The molecule has 0 spiro atoms. The molecule has 218 valence electrons. The summed E-state index contributed by atoms with van der Waals surface area (Å²) in [4.78, 5) is 0. The van der Waals surface area contributed by atoms with E-state index in [0.29, 0.717) is 6.04 Å². The molecule has 3 nitrogen and oxygen atoms in total. The zero-order chi connectivity index (χ0) is 28.4. The van der Waals surface area contributed by atoms with Gasteiger partial charge in [0.2, 0.25) is 0 Å². The van der Waals surface area contributed by atoms with Crippen LogP contribution in [0, 0.1) is 0 Å². The molecule has 0 radical (unpaired) electrons. The lowest BCUT2D eigenvalue weighted by molar-refractivity contribution is 0.387. The van der Waals surface area contributed by atoms with Gasteiger partial charge in [0.25, 0.3) is 0 Å². The van der Waals surface area contributed by atoms with Crippen LogP contribution in [0.4, 0.5) is 0 Å². The van der Waals surface area contributed by atoms with E-state index in [2.05, 4.69) is 95.2 Å². The zero-order valence-corrected chi connectivity index (χ0v) is 27.3. The molecule has 5 heteroatoms. The van der Waals surface area contributed by atoms with E-state index in [-0.39, 0.29) is 10.8 Å². The van der Waals surface area contributed by atoms with Crippen LogP contribution < -0.4 is 14.1 Å². The molecule has 1 fully saturated rings. The van der Waals surface area contributed by atoms with E-state index in [4.69, 9.17) is 20.9 Å². The Balaban J connectivity index is 1.75. The van der Waals surface area contributed by atoms with Crippen molar-refractivity contribution in [2.24, 2.45) is 0 Å². The number of benzene rings is 2. The summed E-state index contributed by atoms with van der Waals surface area (Å²) in [6.45, 7) is 11.1. The fourth-order valence-corrected chi connectivity index (χ4v) is 8.27. The smallest absolute Gasteiger partial charge is 0.365 e. The summed E-state index contributed by atoms with van der Waals surface area (Å²) in [5.41, 5.74) is 2.99. The van der Waals surface area contributed by atoms with Crippen molar-refractivity contribution in [3.63, 3.8) is 0 Å². The van der Waals surface area contributed by atoms with Gasteiger partial charge in [-0.15, -0.1) is 0 Å². The summed E-state index contributed by atoms with van der Waals surface area (Å²) < 4.78 is 13.1.